The smallest absolute Gasteiger partial charge is 0.158 e. The van der Waals surface area contributed by atoms with Gasteiger partial charge in [-0.2, -0.15) is 0 Å². The van der Waals surface area contributed by atoms with E-state index >= 15 is 0 Å². The molecule has 3 heteroatoms. The molecule has 0 amide bonds. The summed E-state index contributed by atoms with van der Waals surface area (Å²) in [5, 5.41) is 5.87. The fraction of sp³-hybridized carbons (Fsp3) is 0.333. The molecule has 1 N–H and O–H groups in total. The number of hydrogen-bond donors (Lipinski definition) is 1. The summed E-state index contributed by atoms with van der Waals surface area (Å²) in [5.41, 5.74) is 0.939. The third-order valence-corrected chi connectivity index (χ3v) is 4.15. The second-order valence-electron chi connectivity index (χ2n) is 5.33. The molecule has 2 aromatic carbocycles. The lowest BCUT2D eigenvalue weighted by Gasteiger charge is -2.25. The lowest BCUT2D eigenvalue weighted by Crippen LogP contribution is -2.28. The van der Waals surface area contributed by atoms with Crippen LogP contribution < -0.4 is 10.1 Å². The van der Waals surface area contributed by atoms with Gasteiger partial charge in [-0.05, 0) is 46.6 Å². The van der Waals surface area contributed by atoms with Gasteiger partial charge in [0.2, 0.25) is 0 Å². The zero-order valence-corrected chi connectivity index (χ0v) is 12.2. The van der Waals surface area contributed by atoms with Crippen LogP contribution >= 0.6 is 15.9 Å². The molecule has 2 nitrogen and oxygen atoms in total. The number of rotatable bonds is 0. The number of fused-ring (bicyclic) bond motifs is 2. The van der Waals surface area contributed by atoms with Crippen molar-refractivity contribution >= 4 is 32.4 Å². The van der Waals surface area contributed by atoms with E-state index in [4.69, 9.17) is 4.74 Å². The van der Waals surface area contributed by atoms with Crippen LogP contribution in [0.15, 0.2) is 34.8 Å². The van der Waals surface area contributed by atoms with E-state index in [1.165, 1.54) is 10.8 Å². The molecule has 0 fully saturated rings. The van der Waals surface area contributed by atoms with E-state index in [0.717, 1.165) is 28.9 Å². The van der Waals surface area contributed by atoms with Crippen LogP contribution in [0.1, 0.15) is 20.3 Å². The molecule has 1 aliphatic heterocycles. The molecule has 1 heterocycles. The summed E-state index contributed by atoms with van der Waals surface area (Å²) in [5.74, 6) is 0.927. The van der Waals surface area contributed by atoms with E-state index in [-0.39, 0.29) is 5.60 Å². The van der Waals surface area contributed by atoms with Gasteiger partial charge in [0, 0.05) is 13.0 Å². The van der Waals surface area contributed by atoms with Crippen molar-refractivity contribution < 1.29 is 4.74 Å². The maximum Gasteiger partial charge on any atom is 0.158 e. The van der Waals surface area contributed by atoms with Crippen LogP contribution in [-0.4, -0.2) is 12.1 Å². The normalized spacial score (nSPS) is 17.5. The Balaban J connectivity index is 2.25. The van der Waals surface area contributed by atoms with Crippen molar-refractivity contribution in [3.05, 3.63) is 34.8 Å². The monoisotopic (exact) mass is 305 g/mol. The zero-order chi connectivity index (χ0) is 12.8. The molecule has 0 radical (unpaired) electrons. The van der Waals surface area contributed by atoms with Crippen LogP contribution in [0.25, 0.3) is 10.8 Å². The molecule has 94 valence electrons. The van der Waals surface area contributed by atoms with Gasteiger partial charge in [0.15, 0.2) is 5.75 Å². The van der Waals surface area contributed by atoms with Gasteiger partial charge < -0.3 is 10.1 Å². The van der Waals surface area contributed by atoms with Gasteiger partial charge in [0.05, 0.1) is 10.2 Å². The second kappa shape index (κ2) is 4.16. The summed E-state index contributed by atoms with van der Waals surface area (Å²) < 4.78 is 7.21. The van der Waals surface area contributed by atoms with Crippen LogP contribution in [0, 0.1) is 0 Å². The Morgan fingerprint density at radius 2 is 2.06 bits per heavy atom. The average Bonchev–Trinajstić information content (AvgIpc) is 2.48. The van der Waals surface area contributed by atoms with Crippen molar-refractivity contribution in [2.45, 2.75) is 25.9 Å². The molecule has 1 aliphatic rings. The molecule has 0 bridgehead atoms. The molecule has 0 saturated carbocycles. The molecular formula is C15H16BrNO. The summed E-state index contributed by atoms with van der Waals surface area (Å²) in [6.45, 7) is 5.20. The molecule has 2 aromatic rings. The predicted octanol–water partition coefficient (Wildman–Crippen LogP) is 4.58. The minimum atomic E-state index is -0.136. The summed E-state index contributed by atoms with van der Waals surface area (Å²) >= 11 is 3.69. The fourth-order valence-electron chi connectivity index (χ4n) is 2.34. The van der Waals surface area contributed by atoms with Gasteiger partial charge in [-0.1, -0.05) is 24.3 Å². The Kier molecular flexibility index (Phi) is 2.74. The quantitative estimate of drug-likeness (QED) is 0.769. The van der Waals surface area contributed by atoms with Crippen LogP contribution in [0.5, 0.6) is 5.75 Å². The van der Waals surface area contributed by atoms with Gasteiger partial charge in [0.25, 0.3) is 0 Å². The Bertz CT molecular complexity index is 607. The second-order valence-corrected chi connectivity index (χ2v) is 6.12. The van der Waals surface area contributed by atoms with Crippen LogP contribution in [0.2, 0.25) is 0 Å². The number of benzene rings is 2. The highest BCUT2D eigenvalue weighted by Gasteiger charge is 2.26. The van der Waals surface area contributed by atoms with Crippen molar-refractivity contribution in [3.8, 4) is 5.75 Å². The Labute approximate surface area is 115 Å². The molecule has 3 rings (SSSR count). The van der Waals surface area contributed by atoms with Gasteiger partial charge in [-0.3, -0.25) is 0 Å². The van der Waals surface area contributed by atoms with Crippen molar-refractivity contribution in [2.75, 3.05) is 11.9 Å². The predicted molar refractivity (Wildman–Crippen MR) is 79.5 cm³/mol. The molecule has 0 aromatic heterocycles. The molecule has 0 spiro atoms. The minimum absolute atomic E-state index is 0.136. The fourth-order valence-corrected chi connectivity index (χ4v) is 3.00. The van der Waals surface area contributed by atoms with Crippen molar-refractivity contribution in [1.82, 2.24) is 0 Å². The first kappa shape index (κ1) is 11.8. The van der Waals surface area contributed by atoms with E-state index < -0.39 is 0 Å². The van der Waals surface area contributed by atoms with Crippen molar-refractivity contribution in [2.24, 2.45) is 0 Å². The van der Waals surface area contributed by atoms with Gasteiger partial charge in [0.1, 0.15) is 5.60 Å². The first-order valence-corrected chi connectivity index (χ1v) is 7.00. The number of ether oxygens (including phenoxy) is 1. The lowest BCUT2D eigenvalue weighted by molar-refractivity contribution is 0.108. The Morgan fingerprint density at radius 3 is 2.89 bits per heavy atom. The molecule has 0 atom stereocenters. The van der Waals surface area contributed by atoms with Crippen LogP contribution in [0.4, 0.5) is 5.69 Å². The van der Waals surface area contributed by atoms with E-state index in [9.17, 15) is 0 Å². The number of nitrogens with one attached hydrogen (secondary N) is 1. The minimum Gasteiger partial charge on any atom is -0.484 e. The SMILES string of the molecule is CC1(C)CCNc2cc3ccccc3c(Br)c2O1. The van der Waals surface area contributed by atoms with E-state index in [1.54, 1.807) is 0 Å². The molecular weight excluding hydrogens is 290 g/mol. The topological polar surface area (TPSA) is 21.3 Å². The highest BCUT2D eigenvalue weighted by molar-refractivity contribution is 9.10. The summed E-state index contributed by atoms with van der Waals surface area (Å²) in [6.07, 6.45) is 0.991. The van der Waals surface area contributed by atoms with E-state index in [0.29, 0.717) is 0 Å². The number of anilines is 1. The summed E-state index contributed by atoms with van der Waals surface area (Å²) in [6, 6.07) is 10.5. The highest BCUT2D eigenvalue weighted by atomic mass is 79.9. The number of hydrogen-bond acceptors (Lipinski definition) is 2. The molecule has 18 heavy (non-hydrogen) atoms. The summed E-state index contributed by atoms with van der Waals surface area (Å²) in [4.78, 5) is 0. The van der Waals surface area contributed by atoms with Gasteiger partial charge >= 0.3 is 0 Å². The molecule has 0 saturated heterocycles. The molecule has 0 aliphatic carbocycles. The molecule has 0 unspecified atom stereocenters. The maximum atomic E-state index is 6.17. The van der Waals surface area contributed by atoms with E-state index in [2.05, 4.69) is 65.4 Å². The first-order chi connectivity index (χ1) is 8.57. The van der Waals surface area contributed by atoms with E-state index in [1.807, 2.05) is 0 Å². The lowest BCUT2D eigenvalue weighted by atomic mass is 10.1. The summed E-state index contributed by atoms with van der Waals surface area (Å²) in [7, 11) is 0. The Hall–Kier alpha value is -1.22. The largest absolute Gasteiger partial charge is 0.484 e. The average molecular weight is 306 g/mol. The number of halogens is 1. The standard InChI is InChI=1S/C15H16BrNO/c1-15(2)7-8-17-12-9-10-5-3-4-6-11(10)13(16)14(12)18-15/h3-6,9,17H,7-8H2,1-2H3. The van der Waals surface area contributed by atoms with Gasteiger partial charge in [-0.15, -0.1) is 0 Å². The van der Waals surface area contributed by atoms with Crippen LogP contribution in [0.3, 0.4) is 0 Å². The zero-order valence-electron chi connectivity index (χ0n) is 10.6. The van der Waals surface area contributed by atoms with Gasteiger partial charge in [-0.25, -0.2) is 0 Å². The van der Waals surface area contributed by atoms with Crippen molar-refractivity contribution in [1.29, 1.82) is 0 Å². The first-order valence-electron chi connectivity index (χ1n) is 6.21. The third kappa shape index (κ3) is 1.97. The Morgan fingerprint density at radius 1 is 1.28 bits per heavy atom. The third-order valence-electron chi connectivity index (χ3n) is 3.36. The maximum absolute atomic E-state index is 6.17. The van der Waals surface area contributed by atoms with Crippen LogP contribution in [-0.2, 0) is 0 Å². The van der Waals surface area contributed by atoms with Crippen molar-refractivity contribution in [3.63, 3.8) is 0 Å². The highest BCUT2D eigenvalue weighted by Crippen LogP contribution is 2.43.